The van der Waals surface area contributed by atoms with Gasteiger partial charge in [-0.3, -0.25) is 0 Å². The summed E-state index contributed by atoms with van der Waals surface area (Å²) in [6.45, 7) is 0. The average molecular weight is 799 g/mol. The third-order valence-corrected chi connectivity index (χ3v) is 7.43. The molecule has 0 radical (unpaired) electrons. The molecule has 0 atom stereocenters. The Morgan fingerprint density at radius 2 is 0.417 bits per heavy atom. The van der Waals surface area contributed by atoms with E-state index in [1.807, 2.05) is 0 Å². The van der Waals surface area contributed by atoms with Gasteiger partial charge in [0.15, 0.2) is 0 Å². The minimum atomic E-state index is -1.19. The van der Waals surface area contributed by atoms with Crippen molar-refractivity contribution in [3.05, 3.63) is 176 Å². The van der Waals surface area contributed by atoms with Crippen molar-refractivity contribution in [2.45, 2.75) is 0 Å². The third kappa shape index (κ3) is 15.9. The van der Waals surface area contributed by atoms with Gasteiger partial charge >= 0.3 is 35.8 Å². The predicted molar refractivity (Wildman–Crippen MR) is 224 cm³/mol. The maximum atomic E-state index is 11.2. The van der Waals surface area contributed by atoms with Crippen LogP contribution in [0.15, 0.2) is 109 Å². The molecule has 4 aromatic rings. The summed E-state index contributed by atoms with van der Waals surface area (Å²) in [5.74, 6) is 11.0. The molecule has 4 aromatic carbocycles. The SMILES string of the molecule is O=C(O)C=Cc1cc(C#Cc2cc(C#Cc3cc(C=CC(=O)O)cc(C=CC(=O)O)c3)cc(C#Cc3cc(C=CC(=O)O)cc(C=CC(=O)O)c3)c2)cc(C=CC(=O)O)c1. The summed E-state index contributed by atoms with van der Waals surface area (Å²) in [5.41, 5.74) is 5.16. The number of hydrogen-bond acceptors (Lipinski definition) is 6. The molecule has 4 rings (SSSR count). The molecular formula is C48H30O12. The van der Waals surface area contributed by atoms with Crippen LogP contribution in [-0.4, -0.2) is 66.5 Å². The Bertz CT molecular complexity index is 2350. The van der Waals surface area contributed by atoms with E-state index in [2.05, 4.69) is 35.5 Å². The minimum Gasteiger partial charge on any atom is -0.478 e. The van der Waals surface area contributed by atoms with Gasteiger partial charge in [-0.1, -0.05) is 35.5 Å². The van der Waals surface area contributed by atoms with Gasteiger partial charge in [0, 0.05) is 69.8 Å². The number of benzene rings is 4. The van der Waals surface area contributed by atoms with Gasteiger partial charge in [-0.15, -0.1) is 0 Å². The zero-order valence-corrected chi connectivity index (χ0v) is 31.0. The van der Waals surface area contributed by atoms with Gasteiger partial charge < -0.3 is 30.6 Å². The van der Waals surface area contributed by atoms with Crippen molar-refractivity contribution in [2.24, 2.45) is 0 Å². The fourth-order valence-corrected chi connectivity index (χ4v) is 5.11. The number of carboxylic acid groups (broad SMARTS) is 6. The molecule has 12 nitrogen and oxygen atoms in total. The highest BCUT2D eigenvalue weighted by atomic mass is 16.4. The van der Waals surface area contributed by atoms with E-state index in [9.17, 15) is 28.8 Å². The van der Waals surface area contributed by atoms with Crippen LogP contribution >= 0.6 is 0 Å². The summed E-state index contributed by atoms with van der Waals surface area (Å²) in [6, 6.07) is 19.4. The first-order chi connectivity index (χ1) is 28.6. The summed E-state index contributed by atoms with van der Waals surface area (Å²) in [7, 11) is 0. The fraction of sp³-hybridized carbons (Fsp3) is 0. The molecule has 0 heterocycles. The molecule has 0 aliphatic carbocycles. The Balaban J connectivity index is 1.91. The molecule has 60 heavy (non-hydrogen) atoms. The van der Waals surface area contributed by atoms with Crippen molar-refractivity contribution in [3.63, 3.8) is 0 Å². The van der Waals surface area contributed by atoms with Crippen LogP contribution in [-0.2, 0) is 28.8 Å². The molecule has 0 aromatic heterocycles. The lowest BCUT2D eigenvalue weighted by atomic mass is 10.0. The van der Waals surface area contributed by atoms with Gasteiger partial charge in [0.25, 0.3) is 0 Å². The molecule has 12 heteroatoms. The van der Waals surface area contributed by atoms with Crippen molar-refractivity contribution >= 4 is 72.3 Å². The maximum absolute atomic E-state index is 11.2. The molecule has 0 spiro atoms. The Labute approximate surface area is 342 Å². The van der Waals surface area contributed by atoms with Crippen LogP contribution in [0, 0.1) is 35.5 Å². The lowest BCUT2D eigenvalue weighted by Gasteiger charge is -2.02. The zero-order valence-electron chi connectivity index (χ0n) is 31.0. The third-order valence-electron chi connectivity index (χ3n) is 7.43. The topological polar surface area (TPSA) is 224 Å². The van der Waals surface area contributed by atoms with Gasteiger partial charge in [0.2, 0.25) is 0 Å². The van der Waals surface area contributed by atoms with Crippen molar-refractivity contribution in [1.29, 1.82) is 0 Å². The number of aliphatic carboxylic acids is 6. The minimum absolute atomic E-state index is 0.415. The second-order valence-corrected chi connectivity index (χ2v) is 12.2. The van der Waals surface area contributed by atoms with Gasteiger partial charge in [0.05, 0.1) is 0 Å². The van der Waals surface area contributed by atoms with E-state index in [-0.39, 0.29) is 0 Å². The second kappa shape index (κ2) is 21.2. The Kier molecular flexibility index (Phi) is 15.4. The van der Waals surface area contributed by atoms with Crippen molar-refractivity contribution in [3.8, 4) is 35.5 Å². The van der Waals surface area contributed by atoms with Crippen LogP contribution in [0.4, 0.5) is 0 Å². The fourth-order valence-electron chi connectivity index (χ4n) is 5.11. The maximum Gasteiger partial charge on any atom is 0.328 e. The first kappa shape index (κ1) is 43.5. The molecule has 0 saturated carbocycles. The molecule has 0 amide bonds. The highest BCUT2D eigenvalue weighted by molar-refractivity contribution is 5.89. The number of hydrogen-bond donors (Lipinski definition) is 6. The van der Waals surface area contributed by atoms with Crippen molar-refractivity contribution in [2.75, 3.05) is 0 Å². The molecule has 0 aliphatic heterocycles. The van der Waals surface area contributed by atoms with E-state index in [0.717, 1.165) is 36.5 Å². The van der Waals surface area contributed by atoms with Gasteiger partial charge in [0.1, 0.15) is 0 Å². The van der Waals surface area contributed by atoms with E-state index in [1.165, 1.54) is 36.5 Å². The van der Waals surface area contributed by atoms with E-state index in [4.69, 9.17) is 30.6 Å². The van der Waals surface area contributed by atoms with Crippen LogP contribution in [0.1, 0.15) is 66.8 Å². The molecule has 0 bridgehead atoms. The number of carbonyl (C=O) groups is 6. The molecule has 6 N–H and O–H groups in total. The summed E-state index contributed by atoms with van der Waals surface area (Å²) >= 11 is 0. The quantitative estimate of drug-likeness (QED) is 0.0670. The molecule has 294 valence electrons. The smallest absolute Gasteiger partial charge is 0.328 e. The standard InChI is InChI=1S/C48H30O12/c49-43(50)13-7-37-22-34(23-38(28-37)8-14-44(51)52)4-1-31-19-32(2-5-35-24-39(9-15-45(53)54)29-40(25-35)10-16-46(55)56)21-33(20-31)3-6-36-26-41(11-17-47(57)58)30-42(27-36)12-18-48(59)60/h7-30H,(H,49,50)(H,51,52)(H,53,54)(H,55,56)(H,57,58)(H,59,60). The van der Waals surface area contributed by atoms with Crippen LogP contribution in [0.5, 0.6) is 0 Å². The van der Waals surface area contributed by atoms with Gasteiger partial charge in [-0.2, -0.15) is 0 Å². The molecule has 0 saturated heterocycles. The highest BCUT2D eigenvalue weighted by Gasteiger charge is 2.03. The van der Waals surface area contributed by atoms with E-state index < -0.39 is 35.8 Å². The molecular weight excluding hydrogens is 769 g/mol. The van der Waals surface area contributed by atoms with E-state index >= 15 is 0 Å². The molecule has 0 unspecified atom stereocenters. The molecule has 0 aliphatic rings. The molecule has 0 fully saturated rings. The van der Waals surface area contributed by atoms with Crippen molar-refractivity contribution in [1.82, 2.24) is 0 Å². The van der Waals surface area contributed by atoms with Gasteiger partial charge in [-0.25, -0.2) is 28.8 Å². The lowest BCUT2D eigenvalue weighted by molar-refractivity contribution is -0.132. The Morgan fingerprint density at radius 3 is 0.567 bits per heavy atom. The first-order valence-corrected chi connectivity index (χ1v) is 17.2. The lowest BCUT2D eigenvalue weighted by Crippen LogP contribution is -1.90. The van der Waals surface area contributed by atoms with E-state index in [0.29, 0.717) is 66.8 Å². The van der Waals surface area contributed by atoms with Crippen LogP contribution < -0.4 is 0 Å². The summed E-state index contributed by atoms with van der Waals surface area (Å²) in [4.78, 5) is 67.1. The number of rotatable bonds is 12. The average Bonchev–Trinajstić information content (AvgIpc) is 3.19. The summed E-state index contributed by atoms with van der Waals surface area (Å²) in [5, 5.41) is 54.8. The summed E-state index contributed by atoms with van der Waals surface area (Å²) in [6.07, 6.45) is 13.6. The van der Waals surface area contributed by atoms with Crippen LogP contribution in [0.2, 0.25) is 0 Å². The van der Waals surface area contributed by atoms with Crippen LogP contribution in [0.3, 0.4) is 0 Å². The zero-order chi connectivity index (χ0) is 43.6. The second-order valence-electron chi connectivity index (χ2n) is 12.2. The van der Waals surface area contributed by atoms with Gasteiger partial charge in [-0.05, 0) is 143 Å². The largest absolute Gasteiger partial charge is 0.478 e. The first-order valence-electron chi connectivity index (χ1n) is 17.2. The Hall–Kier alpha value is -9.18. The monoisotopic (exact) mass is 798 g/mol. The number of carboxylic acids is 6. The Morgan fingerprint density at radius 1 is 0.267 bits per heavy atom. The summed E-state index contributed by atoms with van der Waals surface area (Å²) < 4.78 is 0. The predicted octanol–water partition coefficient (Wildman–Crippen LogP) is 6.47. The highest BCUT2D eigenvalue weighted by Crippen LogP contribution is 2.18. The normalized spacial score (nSPS) is 11.0. The van der Waals surface area contributed by atoms with Crippen LogP contribution in [0.25, 0.3) is 36.5 Å². The van der Waals surface area contributed by atoms with Crippen molar-refractivity contribution < 1.29 is 59.4 Å². The van der Waals surface area contributed by atoms with E-state index in [1.54, 1.807) is 72.8 Å².